The summed E-state index contributed by atoms with van der Waals surface area (Å²) in [6, 6.07) is 14.7. The SMILES string of the molecule is CCC1CSC(=Nc2ccc(OC)cc2)N1C(=O)CN1C(=O)C(C)Oc2ccccc21. The Balaban J connectivity index is 1.60. The van der Waals surface area contributed by atoms with E-state index in [2.05, 4.69) is 6.92 Å². The molecule has 8 heteroatoms. The summed E-state index contributed by atoms with van der Waals surface area (Å²) in [5.74, 6) is 1.77. The van der Waals surface area contributed by atoms with Gasteiger partial charge in [0.1, 0.15) is 18.0 Å². The maximum Gasteiger partial charge on any atom is 0.268 e. The number of nitrogens with zero attached hydrogens (tertiary/aromatic N) is 3. The van der Waals surface area contributed by atoms with E-state index in [0.29, 0.717) is 16.6 Å². The fraction of sp³-hybridized carbons (Fsp3) is 0.348. The van der Waals surface area contributed by atoms with Gasteiger partial charge in [-0.15, -0.1) is 0 Å². The topological polar surface area (TPSA) is 71.4 Å². The lowest BCUT2D eigenvalue weighted by molar-refractivity contribution is -0.131. The second kappa shape index (κ2) is 9.01. The Bertz CT molecular complexity index is 1010. The number of thioether (sulfide) groups is 1. The fourth-order valence-electron chi connectivity index (χ4n) is 3.67. The number of para-hydroxylation sites is 2. The summed E-state index contributed by atoms with van der Waals surface area (Å²) in [7, 11) is 1.62. The lowest BCUT2D eigenvalue weighted by Crippen LogP contribution is -2.51. The average molecular weight is 440 g/mol. The molecule has 2 heterocycles. The molecule has 31 heavy (non-hydrogen) atoms. The van der Waals surface area contributed by atoms with Crippen molar-refractivity contribution in [1.82, 2.24) is 4.90 Å². The van der Waals surface area contributed by atoms with Crippen LogP contribution in [0.5, 0.6) is 11.5 Å². The number of carbonyl (C=O) groups is 2. The first-order valence-corrected chi connectivity index (χ1v) is 11.2. The number of aliphatic imine (C=N–C) groups is 1. The number of hydrogen-bond donors (Lipinski definition) is 0. The first kappa shape index (κ1) is 21.2. The van der Waals surface area contributed by atoms with Crippen molar-refractivity contribution in [1.29, 1.82) is 0 Å². The van der Waals surface area contributed by atoms with Crippen molar-refractivity contribution >= 4 is 40.1 Å². The number of amidine groups is 1. The Morgan fingerprint density at radius 1 is 1.23 bits per heavy atom. The lowest BCUT2D eigenvalue weighted by atomic mass is 10.1. The largest absolute Gasteiger partial charge is 0.497 e. The van der Waals surface area contributed by atoms with Gasteiger partial charge in [-0.3, -0.25) is 19.4 Å². The molecule has 2 aliphatic heterocycles. The van der Waals surface area contributed by atoms with E-state index in [-0.39, 0.29) is 24.4 Å². The van der Waals surface area contributed by atoms with Crippen molar-refractivity contribution in [3.05, 3.63) is 48.5 Å². The number of methoxy groups -OCH3 is 1. The highest BCUT2D eigenvalue weighted by molar-refractivity contribution is 8.14. The number of anilines is 1. The highest BCUT2D eigenvalue weighted by atomic mass is 32.2. The van der Waals surface area contributed by atoms with Crippen LogP contribution < -0.4 is 14.4 Å². The van der Waals surface area contributed by atoms with E-state index in [1.54, 1.807) is 36.8 Å². The van der Waals surface area contributed by atoms with Crippen molar-refractivity contribution in [3.63, 3.8) is 0 Å². The molecule has 0 N–H and O–H groups in total. The molecule has 1 fully saturated rings. The molecule has 0 aliphatic carbocycles. The summed E-state index contributed by atoms with van der Waals surface area (Å²) in [5.41, 5.74) is 1.37. The number of amides is 2. The van der Waals surface area contributed by atoms with E-state index in [4.69, 9.17) is 14.5 Å². The zero-order valence-corrected chi connectivity index (χ0v) is 18.6. The van der Waals surface area contributed by atoms with Gasteiger partial charge in [0.2, 0.25) is 5.91 Å². The van der Waals surface area contributed by atoms with E-state index in [0.717, 1.165) is 23.6 Å². The number of fused-ring (bicyclic) bond motifs is 1. The van der Waals surface area contributed by atoms with E-state index in [1.807, 2.05) is 42.5 Å². The molecular weight excluding hydrogens is 414 g/mol. The average Bonchev–Trinajstić information content (AvgIpc) is 3.20. The van der Waals surface area contributed by atoms with Crippen LogP contribution in [0.1, 0.15) is 20.3 Å². The molecule has 2 atom stereocenters. The van der Waals surface area contributed by atoms with Gasteiger partial charge in [-0.05, 0) is 49.7 Å². The van der Waals surface area contributed by atoms with Crippen LogP contribution in [0.4, 0.5) is 11.4 Å². The minimum absolute atomic E-state index is 0.0401. The number of rotatable bonds is 5. The standard InChI is InChI=1S/C23H25N3O4S/c1-4-17-14-31-23(24-16-9-11-18(29-3)12-10-16)26(17)21(27)13-25-19-7-5-6-8-20(19)30-15(2)22(25)28/h5-12,15,17H,4,13-14H2,1-3H3. The Labute approximate surface area is 186 Å². The quantitative estimate of drug-likeness (QED) is 0.708. The predicted molar refractivity (Wildman–Crippen MR) is 122 cm³/mol. The first-order chi connectivity index (χ1) is 15.0. The summed E-state index contributed by atoms with van der Waals surface area (Å²) in [6.07, 6.45) is 0.176. The minimum Gasteiger partial charge on any atom is -0.497 e. The van der Waals surface area contributed by atoms with Crippen LogP contribution in [-0.4, -0.2) is 53.4 Å². The van der Waals surface area contributed by atoms with E-state index in [9.17, 15) is 9.59 Å². The Morgan fingerprint density at radius 2 is 1.97 bits per heavy atom. The number of carbonyl (C=O) groups excluding carboxylic acids is 2. The molecule has 4 rings (SSSR count). The number of hydrogen-bond acceptors (Lipinski definition) is 6. The van der Waals surface area contributed by atoms with Gasteiger partial charge < -0.3 is 9.47 Å². The third-order valence-electron chi connectivity index (χ3n) is 5.38. The van der Waals surface area contributed by atoms with Crippen molar-refractivity contribution in [2.45, 2.75) is 32.4 Å². The van der Waals surface area contributed by atoms with Gasteiger partial charge in [0, 0.05) is 11.8 Å². The third-order valence-corrected chi connectivity index (χ3v) is 6.48. The summed E-state index contributed by atoms with van der Waals surface area (Å²) in [6.45, 7) is 3.70. The molecule has 162 valence electrons. The van der Waals surface area contributed by atoms with Crippen LogP contribution in [0.15, 0.2) is 53.5 Å². The maximum atomic E-state index is 13.4. The van der Waals surface area contributed by atoms with Gasteiger partial charge in [0.05, 0.1) is 18.5 Å². The van der Waals surface area contributed by atoms with Crippen LogP contribution >= 0.6 is 11.8 Å². The molecule has 0 radical (unpaired) electrons. The van der Waals surface area contributed by atoms with Crippen LogP contribution in [-0.2, 0) is 9.59 Å². The summed E-state index contributed by atoms with van der Waals surface area (Å²) < 4.78 is 10.9. The van der Waals surface area contributed by atoms with Gasteiger partial charge in [0.25, 0.3) is 5.91 Å². The van der Waals surface area contributed by atoms with Crippen molar-refractivity contribution in [2.75, 3.05) is 24.3 Å². The summed E-state index contributed by atoms with van der Waals surface area (Å²) >= 11 is 1.56. The van der Waals surface area contributed by atoms with Gasteiger partial charge in [-0.1, -0.05) is 30.8 Å². The molecule has 1 saturated heterocycles. The second-order valence-electron chi connectivity index (χ2n) is 7.38. The predicted octanol–water partition coefficient (Wildman–Crippen LogP) is 3.85. The van der Waals surface area contributed by atoms with Crippen molar-refractivity contribution in [3.8, 4) is 11.5 Å². The normalized spacial score (nSPS) is 21.8. The van der Waals surface area contributed by atoms with E-state index >= 15 is 0 Å². The van der Waals surface area contributed by atoms with Crippen molar-refractivity contribution < 1.29 is 19.1 Å². The molecule has 2 aliphatic rings. The van der Waals surface area contributed by atoms with E-state index < -0.39 is 6.10 Å². The van der Waals surface area contributed by atoms with Gasteiger partial charge in [-0.2, -0.15) is 0 Å². The molecule has 2 unspecified atom stereocenters. The third kappa shape index (κ3) is 4.25. The smallest absolute Gasteiger partial charge is 0.268 e. The molecular formula is C23H25N3O4S. The van der Waals surface area contributed by atoms with Crippen LogP contribution in [0.25, 0.3) is 0 Å². The Hall–Kier alpha value is -3.00. The van der Waals surface area contributed by atoms with Gasteiger partial charge >= 0.3 is 0 Å². The Morgan fingerprint density at radius 3 is 2.68 bits per heavy atom. The first-order valence-electron chi connectivity index (χ1n) is 10.3. The molecule has 2 aromatic carbocycles. The zero-order chi connectivity index (χ0) is 22.0. The molecule has 7 nitrogen and oxygen atoms in total. The Kier molecular flexibility index (Phi) is 6.18. The maximum absolute atomic E-state index is 13.4. The van der Waals surface area contributed by atoms with Crippen LogP contribution in [0, 0.1) is 0 Å². The molecule has 0 aromatic heterocycles. The summed E-state index contributed by atoms with van der Waals surface area (Å²) in [4.78, 5) is 34.2. The summed E-state index contributed by atoms with van der Waals surface area (Å²) in [5, 5.41) is 0.657. The minimum atomic E-state index is -0.634. The zero-order valence-electron chi connectivity index (χ0n) is 17.8. The highest BCUT2D eigenvalue weighted by Gasteiger charge is 2.38. The van der Waals surface area contributed by atoms with Gasteiger partial charge in [-0.25, -0.2) is 4.99 Å². The van der Waals surface area contributed by atoms with E-state index in [1.165, 1.54) is 4.90 Å². The molecule has 0 bridgehead atoms. The molecule has 0 spiro atoms. The molecule has 2 aromatic rings. The fourth-order valence-corrected chi connectivity index (χ4v) is 4.95. The van der Waals surface area contributed by atoms with Crippen LogP contribution in [0.2, 0.25) is 0 Å². The van der Waals surface area contributed by atoms with Gasteiger partial charge in [0.15, 0.2) is 11.3 Å². The molecule has 0 saturated carbocycles. The lowest BCUT2D eigenvalue weighted by Gasteiger charge is -2.34. The number of benzene rings is 2. The molecule has 2 amide bonds. The second-order valence-corrected chi connectivity index (χ2v) is 8.37. The number of ether oxygens (including phenoxy) is 2. The van der Waals surface area contributed by atoms with Crippen molar-refractivity contribution in [2.24, 2.45) is 4.99 Å². The highest BCUT2D eigenvalue weighted by Crippen LogP contribution is 2.35. The monoisotopic (exact) mass is 439 g/mol. The van der Waals surface area contributed by atoms with Crippen LogP contribution in [0.3, 0.4) is 0 Å².